The number of phenolic OH excluding ortho intramolecular Hbond substituents is 1. The summed E-state index contributed by atoms with van der Waals surface area (Å²) < 4.78 is 0. The molecule has 31 heavy (non-hydrogen) atoms. The zero-order valence-corrected chi connectivity index (χ0v) is 16.8. The first-order valence-corrected chi connectivity index (χ1v) is 10.3. The van der Waals surface area contributed by atoms with E-state index in [-0.39, 0.29) is 23.1 Å². The number of likely N-dealkylation sites (tertiary alicyclic amines) is 1. The summed E-state index contributed by atoms with van der Waals surface area (Å²) in [5.41, 5.74) is 1.66. The van der Waals surface area contributed by atoms with Crippen molar-refractivity contribution in [3.8, 4) is 5.75 Å². The molecule has 1 aliphatic rings. The molecular formula is C25H21N3O3. The number of carbonyl (C=O) groups excluding carboxylic acids is 2. The van der Waals surface area contributed by atoms with Gasteiger partial charge in [0.1, 0.15) is 11.8 Å². The highest BCUT2D eigenvalue weighted by Crippen LogP contribution is 2.31. The minimum Gasteiger partial charge on any atom is -0.506 e. The van der Waals surface area contributed by atoms with Gasteiger partial charge in [0.05, 0.1) is 23.0 Å². The van der Waals surface area contributed by atoms with Gasteiger partial charge in [0.25, 0.3) is 5.91 Å². The van der Waals surface area contributed by atoms with Gasteiger partial charge < -0.3 is 15.3 Å². The molecule has 0 bridgehead atoms. The Labute approximate surface area is 179 Å². The number of hydrogen-bond donors (Lipinski definition) is 2. The van der Waals surface area contributed by atoms with Crippen LogP contribution in [0.1, 0.15) is 23.2 Å². The molecule has 0 saturated carbocycles. The van der Waals surface area contributed by atoms with Crippen molar-refractivity contribution in [1.29, 1.82) is 0 Å². The molecule has 1 aliphatic heterocycles. The second kappa shape index (κ2) is 7.72. The van der Waals surface area contributed by atoms with Gasteiger partial charge in [-0.1, -0.05) is 48.5 Å². The number of nitrogens with zero attached hydrogens (tertiary/aromatic N) is 2. The molecule has 2 N–H and O–H groups in total. The number of benzene rings is 3. The molecule has 1 aromatic heterocycles. The number of hydrogen-bond acceptors (Lipinski definition) is 4. The highest BCUT2D eigenvalue weighted by Gasteiger charge is 2.35. The van der Waals surface area contributed by atoms with Crippen LogP contribution in [-0.2, 0) is 4.79 Å². The Hall–Kier alpha value is -3.93. The van der Waals surface area contributed by atoms with Gasteiger partial charge in [-0.3, -0.25) is 14.6 Å². The van der Waals surface area contributed by atoms with Crippen LogP contribution < -0.4 is 5.32 Å². The van der Waals surface area contributed by atoms with E-state index >= 15 is 0 Å². The average Bonchev–Trinajstić information content (AvgIpc) is 3.29. The van der Waals surface area contributed by atoms with Crippen molar-refractivity contribution in [2.75, 3.05) is 11.9 Å². The summed E-state index contributed by atoms with van der Waals surface area (Å²) in [6.45, 7) is 0.471. The minimum absolute atomic E-state index is 0.0483. The number of rotatable bonds is 3. The van der Waals surface area contributed by atoms with E-state index in [0.717, 1.165) is 22.7 Å². The van der Waals surface area contributed by atoms with E-state index < -0.39 is 6.04 Å². The summed E-state index contributed by atoms with van der Waals surface area (Å²) in [5, 5.41) is 16.0. The van der Waals surface area contributed by atoms with Gasteiger partial charge in [-0.25, -0.2) is 0 Å². The van der Waals surface area contributed by atoms with Crippen LogP contribution in [0.15, 0.2) is 72.9 Å². The molecule has 0 aliphatic carbocycles. The van der Waals surface area contributed by atoms with E-state index in [1.54, 1.807) is 23.2 Å². The quantitative estimate of drug-likeness (QED) is 0.525. The van der Waals surface area contributed by atoms with E-state index in [1.165, 1.54) is 0 Å². The molecule has 0 spiro atoms. The van der Waals surface area contributed by atoms with Crippen LogP contribution in [0, 0.1) is 0 Å². The van der Waals surface area contributed by atoms with E-state index in [0.29, 0.717) is 24.0 Å². The van der Waals surface area contributed by atoms with Crippen LogP contribution >= 0.6 is 0 Å². The first-order chi connectivity index (χ1) is 15.1. The maximum absolute atomic E-state index is 13.2. The van der Waals surface area contributed by atoms with Crippen molar-refractivity contribution in [3.05, 3.63) is 78.5 Å². The summed E-state index contributed by atoms with van der Waals surface area (Å²) >= 11 is 0. The summed E-state index contributed by atoms with van der Waals surface area (Å²) in [6, 6.07) is 19.8. The molecule has 6 nitrogen and oxygen atoms in total. The third-order valence-corrected chi connectivity index (χ3v) is 5.81. The van der Waals surface area contributed by atoms with Gasteiger partial charge in [-0.2, -0.15) is 0 Å². The molecule has 2 amide bonds. The fraction of sp³-hybridized carbons (Fsp3) is 0.160. The number of anilines is 1. The molecule has 6 heteroatoms. The number of para-hydroxylation sites is 1. The minimum atomic E-state index is -0.593. The van der Waals surface area contributed by atoms with Crippen molar-refractivity contribution in [3.63, 3.8) is 0 Å². The van der Waals surface area contributed by atoms with Crippen LogP contribution in [0.2, 0.25) is 0 Å². The second-order valence-corrected chi connectivity index (χ2v) is 7.75. The van der Waals surface area contributed by atoms with Crippen LogP contribution in [0.5, 0.6) is 5.75 Å². The number of nitrogens with one attached hydrogen (secondary N) is 1. The number of aromatic nitrogens is 1. The van der Waals surface area contributed by atoms with E-state index in [1.807, 2.05) is 54.6 Å². The largest absolute Gasteiger partial charge is 0.506 e. The number of fused-ring (bicyclic) bond motifs is 2. The van der Waals surface area contributed by atoms with E-state index in [2.05, 4.69) is 10.3 Å². The number of amides is 2. The van der Waals surface area contributed by atoms with Crippen molar-refractivity contribution in [1.82, 2.24) is 9.88 Å². The molecule has 1 saturated heterocycles. The van der Waals surface area contributed by atoms with Gasteiger partial charge in [0.2, 0.25) is 5.91 Å². The molecule has 1 atom stereocenters. The third kappa shape index (κ3) is 3.46. The van der Waals surface area contributed by atoms with Gasteiger partial charge in [-0.05, 0) is 36.4 Å². The summed E-state index contributed by atoms with van der Waals surface area (Å²) in [4.78, 5) is 32.2. The summed E-state index contributed by atoms with van der Waals surface area (Å²) in [5.74, 6) is -0.631. The third-order valence-electron chi connectivity index (χ3n) is 5.81. The zero-order valence-electron chi connectivity index (χ0n) is 16.8. The maximum Gasteiger partial charge on any atom is 0.258 e. The first-order valence-electron chi connectivity index (χ1n) is 10.3. The molecule has 3 aromatic carbocycles. The average molecular weight is 411 g/mol. The Morgan fingerprint density at radius 3 is 2.65 bits per heavy atom. The molecule has 1 fully saturated rings. The lowest BCUT2D eigenvalue weighted by Crippen LogP contribution is -2.43. The maximum atomic E-state index is 13.2. The van der Waals surface area contributed by atoms with Crippen molar-refractivity contribution < 1.29 is 14.7 Å². The van der Waals surface area contributed by atoms with Crippen molar-refractivity contribution >= 4 is 39.2 Å². The molecule has 154 valence electrons. The standard InChI is InChI=1S/C25H21N3O3/c29-23-19-8-3-1-6-16(19)11-12-20(23)25(31)28-13-5-10-22(28)24(30)27-18-14-17-7-2-4-9-21(17)26-15-18/h1-4,6-9,11-12,14-15,22,29H,5,10,13H2,(H,27,30). The van der Waals surface area contributed by atoms with Crippen LogP contribution in [0.4, 0.5) is 5.69 Å². The van der Waals surface area contributed by atoms with Gasteiger partial charge >= 0.3 is 0 Å². The number of carbonyl (C=O) groups is 2. The van der Waals surface area contributed by atoms with Crippen LogP contribution in [0.25, 0.3) is 21.7 Å². The summed E-state index contributed by atoms with van der Waals surface area (Å²) in [7, 11) is 0. The predicted molar refractivity (Wildman–Crippen MR) is 120 cm³/mol. The Morgan fingerprint density at radius 2 is 1.77 bits per heavy atom. The number of aromatic hydroxyl groups is 1. The Morgan fingerprint density at radius 1 is 1.00 bits per heavy atom. The Bertz CT molecular complexity index is 1320. The monoisotopic (exact) mass is 411 g/mol. The second-order valence-electron chi connectivity index (χ2n) is 7.75. The normalized spacial score (nSPS) is 16.0. The molecule has 1 unspecified atom stereocenters. The molecule has 4 aromatic rings. The van der Waals surface area contributed by atoms with Gasteiger partial charge in [0.15, 0.2) is 0 Å². The topological polar surface area (TPSA) is 82.5 Å². The predicted octanol–water partition coefficient (Wildman–Crippen LogP) is 4.34. The van der Waals surface area contributed by atoms with Gasteiger partial charge in [0, 0.05) is 17.3 Å². The van der Waals surface area contributed by atoms with E-state index in [9.17, 15) is 14.7 Å². The summed E-state index contributed by atoms with van der Waals surface area (Å²) in [6.07, 6.45) is 2.93. The van der Waals surface area contributed by atoms with E-state index in [4.69, 9.17) is 0 Å². The van der Waals surface area contributed by atoms with Crippen LogP contribution in [-0.4, -0.2) is 39.4 Å². The zero-order chi connectivity index (χ0) is 21.4. The lowest BCUT2D eigenvalue weighted by atomic mass is 10.0. The molecular weight excluding hydrogens is 390 g/mol. The number of pyridine rings is 1. The lowest BCUT2D eigenvalue weighted by molar-refractivity contribution is -0.119. The van der Waals surface area contributed by atoms with Crippen LogP contribution in [0.3, 0.4) is 0 Å². The smallest absolute Gasteiger partial charge is 0.258 e. The first kappa shape index (κ1) is 19.1. The molecule has 5 rings (SSSR count). The lowest BCUT2D eigenvalue weighted by Gasteiger charge is -2.24. The van der Waals surface area contributed by atoms with Gasteiger partial charge in [-0.15, -0.1) is 0 Å². The Balaban J connectivity index is 1.39. The van der Waals surface area contributed by atoms with Crippen molar-refractivity contribution in [2.45, 2.75) is 18.9 Å². The number of phenols is 1. The fourth-order valence-corrected chi connectivity index (χ4v) is 4.23. The van der Waals surface area contributed by atoms with Crippen molar-refractivity contribution in [2.24, 2.45) is 0 Å². The highest BCUT2D eigenvalue weighted by molar-refractivity contribution is 6.06. The SMILES string of the molecule is O=C(Nc1cnc2ccccc2c1)C1CCCN1C(=O)c1ccc2ccccc2c1O. The Kier molecular flexibility index (Phi) is 4.75. The molecule has 2 heterocycles. The highest BCUT2D eigenvalue weighted by atomic mass is 16.3. The molecule has 0 radical (unpaired) electrons. The fourth-order valence-electron chi connectivity index (χ4n) is 4.23.